The molecule has 0 aliphatic heterocycles. The van der Waals surface area contributed by atoms with Crippen LogP contribution in [0.4, 0.5) is 9.52 Å². The van der Waals surface area contributed by atoms with Gasteiger partial charge < -0.3 is 0 Å². The Hall–Kier alpha value is -2.67. The van der Waals surface area contributed by atoms with E-state index >= 15 is 0 Å². The molecule has 0 radical (unpaired) electrons. The Morgan fingerprint density at radius 1 is 1.18 bits per heavy atom. The van der Waals surface area contributed by atoms with Crippen LogP contribution in [-0.4, -0.2) is 27.3 Å². The van der Waals surface area contributed by atoms with Gasteiger partial charge in [-0.1, -0.05) is 6.07 Å². The number of rotatable bonds is 3. The molecule has 22 heavy (non-hydrogen) atoms. The van der Waals surface area contributed by atoms with Crippen molar-refractivity contribution in [2.45, 2.75) is 0 Å². The van der Waals surface area contributed by atoms with Crippen LogP contribution in [-0.2, 0) is 0 Å². The van der Waals surface area contributed by atoms with E-state index < -0.39 is 0 Å². The van der Waals surface area contributed by atoms with E-state index in [4.69, 9.17) is 0 Å². The molecule has 0 bridgehead atoms. The van der Waals surface area contributed by atoms with Crippen molar-refractivity contribution in [2.75, 3.05) is 11.9 Å². The van der Waals surface area contributed by atoms with Crippen molar-refractivity contribution in [1.29, 1.82) is 0 Å². The minimum Gasteiger partial charge on any atom is -0.286 e. The molecular weight excluding hydrogens is 303 g/mol. The van der Waals surface area contributed by atoms with E-state index in [1.807, 2.05) is 6.07 Å². The van der Waals surface area contributed by atoms with Crippen molar-refractivity contribution in [3.8, 4) is 11.5 Å². The normalized spacial score (nSPS) is 10.5. The maximum atomic E-state index is 12.9. The number of amides is 1. The Balaban J connectivity index is 1.83. The van der Waals surface area contributed by atoms with E-state index in [1.54, 1.807) is 25.4 Å². The van der Waals surface area contributed by atoms with Gasteiger partial charge in [-0.25, -0.2) is 4.39 Å². The fraction of sp³-hybridized carbons (Fsp3) is 0.0667. The summed E-state index contributed by atoms with van der Waals surface area (Å²) < 4.78 is 17.1. The average Bonchev–Trinajstić information content (AvgIpc) is 3.05. The summed E-state index contributed by atoms with van der Waals surface area (Å²) in [6.07, 6.45) is 1.66. The van der Waals surface area contributed by atoms with Crippen LogP contribution < -0.4 is 4.90 Å². The molecule has 0 atom stereocenters. The first kappa shape index (κ1) is 14.3. The third-order valence-corrected chi connectivity index (χ3v) is 3.78. The highest BCUT2D eigenvalue weighted by Crippen LogP contribution is 2.23. The molecule has 0 aliphatic carbocycles. The number of pyridine rings is 1. The fourth-order valence-electron chi connectivity index (χ4n) is 1.82. The van der Waals surface area contributed by atoms with Gasteiger partial charge in [-0.15, -0.1) is 0 Å². The summed E-state index contributed by atoms with van der Waals surface area (Å²) in [5, 5.41) is 0.454. The van der Waals surface area contributed by atoms with Crippen molar-refractivity contribution in [2.24, 2.45) is 0 Å². The zero-order valence-electron chi connectivity index (χ0n) is 11.6. The average molecular weight is 314 g/mol. The summed E-state index contributed by atoms with van der Waals surface area (Å²) in [5.41, 5.74) is 1.03. The molecule has 3 aromatic rings. The van der Waals surface area contributed by atoms with Gasteiger partial charge in [-0.05, 0) is 36.4 Å². The van der Waals surface area contributed by atoms with Gasteiger partial charge in [0, 0.05) is 30.3 Å². The number of aromatic nitrogens is 3. The van der Waals surface area contributed by atoms with Crippen LogP contribution in [0.2, 0.25) is 0 Å². The minimum absolute atomic E-state index is 0.274. The monoisotopic (exact) mass is 314 g/mol. The van der Waals surface area contributed by atoms with Crippen molar-refractivity contribution in [3.05, 3.63) is 60.0 Å². The van der Waals surface area contributed by atoms with Crippen molar-refractivity contribution in [3.63, 3.8) is 0 Å². The standard InChI is InChI=1S/C15H11FN4OS/c1-20(14(21)10-5-7-11(16)8-6-10)15-18-13(19-22-15)12-4-2-3-9-17-12/h2-9H,1H3. The number of anilines is 1. The van der Waals surface area contributed by atoms with Gasteiger partial charge in [0.1, 0.15) is 11.5 Å². The number of nitrogens with zero attached hydrogens (tertiary/aromatic N) is 4. The second-order valence-corrected chi connectivity index (χ2v) is 5.22. The molecule has 1 amide bonds. The topological polar surface area (TPSA) is 59.0 Å². The Morgan fingerprint density at radius 2 is 1.95 bits per heavy atom. The third kappa shape index (κ3) is 2.84. The molecule has 0 fully saturated rings. The van der Waals surface area contributed by atoms with Gasteiger partial charge in [0.2, 0.25) is 5.13 Å². The number of hydrogen-bond acceptors (Lipinski definition) is 5. The summed E-state index contributed by atoms with van der Waals surface area (Å²) in [6.45, 7) is 0. The number of carbonyl (C=O) groups is 1. The molecule has 2 heterocycles. The lowest BCUT2D eigenvalue weighted by atomic mass is 10.2. The van der Waals surface area contributed by atoms with Crippen LogP contribution >= 0.6 is 11.5 Å². The van der Waals surface area contributed by atoms with E-state index in [0.29, 0.717) is 22.2 Å². The van der Waals surface area contributed by atoms with Crippen molar-refractivity contribution < 1.29 is 9.18 Å². The summed E-state index contributed by atoms with van der Waals surface area (Å²) in [4.78, 5) is 22.2. The van der Waals surface area contributed by atoms with E-state index in [0.717, 1.165) is 11.5 Å². The van der Waals surface area contributed by atoms with Gasteiger partial charge >= 0.3 is 0 Å². The summed E-state index contributed by atoms with van der Waals surface area (Å²) in [5.74, 6) is -0.185. The first-order valence-corrected chi connectivity index (χ1v) is 7.21. The van der Waals surface area contributed by atoms with E-state index in [1.165, 1.54) is 29.2 Å². The van der Waals surface area contributed by atoms with Gasteiger partial charge in [-0.3, -0.25) is 14.7 Å². The molecule has 0 spiro atoms. The van der Waals surface area contributed by atoms with Crippen molar-refractivity contribution >= 4 is 22.6 Å². The molecule has 110 valence electrons. The highest BCUT2D eigenvalue weighted by molar-refractivity contribution is 7.10. The second kappa shape index (κ2) is 5.98. The predicted molar refractivity (Wildman–Crippen MR) is 82.3 cm³/mol. The van der Waals surface area contributed by atoms with Crippen LogP contribution in [0.1, 0.15) is 10.4 Å². The first-order chi connectivity index (χ1) is 10.6. The minimum atomic E-state index is -0.382. The summed E-state index contributed by atoms with van der Waals surface area (Å²) in [7, 11) is 1.61. The lowest BCUT2D eigenvalue weighted by Gasteiger charge is -2.12. The molecule has 2 aromatic heterocycles. The Kier molecular flexibility index (Phi) is 3.88. The third-order valence-electron chi connectivity index (χ3n) is 2.99. The lowest BCUT2D eigenvalue weighted by molar-refractivity contribution is 0.0993. The van der Waals surface area contributed by atoms with Gasteiger partial charge in [-0.2, -0.15) is 9.36 Å². The van der Waals surface area contributed by atoms with Crippen LogP contribution in [0.15, 0.2) is 48.7 Å². The molecule has 5 nitrogen and oxygen atoms in total. The molecule has 0 unspecified atom stereocenters. The highest BCUT2D eigenvalue weighted by atomic mass is 32.1. The number of halogens is 1. The second-order valence-electron chi connectivity index (χ2n) is 4.49. The molecule has 3 rings (SSSR count). The van der Waals surface area contributed by atoms with Crippen LogP contribution in [0.25, 0.3) is 11.5 Å². The lowest BCUT2D eigenvalue weighted by Crippen LogP contribution is -2.26. The van der Waals surface area contributed by atoms with E-state index in [-0.39, 0.29) is 11.7 Å². The molecule has 1 aromatic carbocycles. The Bertz CT molecular complexity index is 789. The zero-order chi connectivity index (χ0) is 15.5. The molecule has 0 saturated heterocycles. The highest BCUT2D eigenvalue weighted by Gasteiger charge is 2.18. The van der Waals surface area contributed by atoms with Crippen LogP contribution in [0, 0.1) is 5.82 Å². The maximum Gasteiger partial charge on any atom is 0.259 e. The largest absolute Gasteiger partial charge is 0.286 e. The van der Waals surface area contributed by atoms with Crippen molar-refractivity contribution in [1.82, 2.24) is 14.3 Å². The molecule has 7 heteroatoms. The Morgan fingerprint density at radius 3 is 2.64 bits per heavy atom. The van der Waals surface area contributed by atoms with Gasteiger partial charge in [0.15, 0.2) is 5.82 Å². The zero-order valence-corrected chi connectivity index (χ0v) is 12.4. The van der Waals surface area contributed by atoms with Crippen LogP contribution in [0.5, 0.6) is 0 Å². The maximum absolute atomic E-state index is 12.9. The smallest absolute Gasteiger partial charge is 0.259 e. The summed E-state index contributed by atoms with van der Waals surface area (Å²) in [6, 6.07) is 10.8. The SMILES string of the molecule is CN(C(=O)c1ccc(F)cc1)c1nc(-c2ccccn2)ns1. The predicted octanol–water partition coefficient (Wildman–Crippen LogP) is 3.02. The van der Waals surface area contributed by atoms with Crippen LogP contribution in [0.3, 0.4) is 0 Å². The van der Waals surface area contributed by atoms with E-state index in [9.17, 15) is 9.18 Å². The number of hydrogen-bond donors (Lipinski definition) is 0. The Labute approximate surface area is 130 Å². The fourth-order valence-corrected chi connectivity index (χ4v) is 2.46. The quantitative estimate of drug-likeness (QED) is 0.745. The van der Waals surface area contributed by atoms with Gasteiger partial charge in [0.05, 0.1) is 0 Å². The molecule has 0 N–H and O–H groups in total. The molecule has 0 saturated carbocycles. The number of carbonyl (C=O) groups excluding carboxylic acids is 1. The summed E-state index contributed by atoms with van der Waals surface area (Å²) >= 11 is 1.11. The van der Waals surface area contributed by atoms with Gasteiger partial charge in [0.25, 0.3) is 5.91 Å². The first-order valence-electron chi connectivity index (χ1n) is 6.44. The number of benzene rings is 1. The molecule has 0 aliphatic rings. The van der Waals surface area contributed by atoms with E-state index in [2.05, 4.69) is 14.3 Å². The molecular formula is C15H11FN4OS.